The van der Waals surface area contributed by atoms with Gasteiger partial charge in [-0.05, 0) is 50.2 Å². The fourth-order valence-electron chi connectivity index (χ4n) is 2.72. The normalized spacial score (nSPS) is 27.1. The summed E-state index contributed by atoms with van der Waals surface area (Å²) < 4.78 is 22.2. The summed E-state index contributed by atoms with van der Waals surface area (Å²) in [5, 5.41) is 21.3. The Labute approximate surface area is 173 Å². The van der Waals surface area contributed by atoms with E-state index >= 15 is 0 Å². The smallest absolute Gasteiger partial charge is 0.358 e. The molecule has 0 radical (unpaired) electrons. The van der Waals surface area contributed by atoms with Gasteiger partial charge in [0.15, 0.2) is 12.2 Å². The molecule has 8 heteroatoms. The highest BCUT2D eigenvalue weighted by Gasteiger charge is 2.46. The number of aliphatic hydroxyl groups excluding tert-OH is 2. The highest BCUT2D eigenvalue weighted by molar-refractivity contribution is 7.79. The molecule has 6 nitrogen and oxygen atoms in total. The van der Waals surface area contributed by atoms with Crippen molar-refractivity contribution in [3.63, 3.8) is 0 Å². The molecule has 0 aliphatic carbocycles. The fourth-order valence-corrected chi connectivity index (χ4v) is 3.05. The molecule has 2 aromatic carbocycles. The Hall–Kier alpha value is -1.90. The summed E-state index contributed by atoms with van der Waals surface area (Å²) in [4.78, 5) is 0. The average Bonchev–Trinajstić information content (AvgIpc) is 2.67. The lowest BCUT2D eigenvalue weighted by atomic mass is 10.00. The van der Waals surface area contributed by atoms with Crippen LogP contribution in [0.4, 0.5) is 0 Å². The Kier molecular flexibility index (Phi) is 6.74. The van der Waals surface area contributed by atoms with Crippen molar-refractivity contribution < 1.29 is 29.2 Å². The van der Waals surface area contributed by atoms with Crippen LogP contribution in [0, 0.1) is 6.92 Å². The van der Waals surface area contributed by atoms with Crippen molar-refractivity contribution in [1.82, 2.24) is 0 Å². The quantitative estimate of drug-likeness (QED) is 0.729. The van der Waals surface area contributed by atoms with E-state index in [0.29, 0.717) is 16.5 Å². The number of thiocarbonyl (C=S) groups is 1. The lowest BCUT2D eigenvalue weighted by Crippen LogP contribution is -2.59. The van der Waals surface area contributed by atoms with E-state index < -0.39 is 30.7 Å². The number of aryl methyl sites for hydroxylation is 1. The van der Waals surface area contributed by atoms with E-state index in [2.05, 4.69) is 0 Å². The molecular formula is C20H21ClO6S. The summed E-state index contributed by atoms with van der Waals surface area (Å²) in [6.45, 7) is 3.60. The summed E-state index contributed by atoms with van der Waals surface area (Å²) >= 11 is 11.0. The first-order valence-electron chi connectivity index (χ1n) is 8.72. The molecule has 28 heavy (non-hydrogen) atoms. The Morgan fingerprint density at radius 1 is 1.00 bits per heavy atom. The van der Waals surface area contributed by atoms with Gasteiger partial charge in [-0.2, -0.15) is 0 Å². The molecular weight excluding hydrogens is 404 g/mol. The van der Waals surface area contributed by atoms with Crippen LogP contribution in [-0.4, -0.2) is 46.2 Å². The molecule has 0 spiro atoms. The molecule has 1 aliphatic heterocycles. The number of aliphatic hydroxyl groups is 2. The van der Waals surface area contributed by atoms with Gasteiger partial charge in [-0.15, -0.1) is 0 Å². The largest absolute Gasteiger partial charge is 0.462 e. The predicted molar refractivity (Wildman–Crippen MR) is 108 cm³/mol. The predicted octanol–water partition coefficient (Wildman–Crippen LogP) is 3.24. The first-order chi connectivity index (χ1) is 13.3. The number of rotatable bonds is 4. The van der Waals surface area contributed by atoms with Crippen LogP contribution in [-0.2, 0) is 9.47 Å². The van der Waals surface area contributed by atoms with Gasteiger partial charge in [0.25, 0.3) is 0 Å². The molecule has 1 saturated heterocycles. The summed E-state index contributed by atoms with van der Waals surface area (Å²) in [5.74, 6) is 0.947. The number of ether oxygens (including phenoxy) is 4. The zero-order chi connectivity index (χ0) is 20.3. The van der Waals surface area contributed by atoms with Gasteiger partial charge < -0.3 is 29.2 Å². The van der Waals surface area contributed by atoms with E-state index in [1.165, 1.54) is 0 Å². The molecule has 1 fully saturated rings. The lowest BCUT2D eigenvalue weighted by Gasteiger charge is -2.40. The zero-order valence-electron chi connectivity index (χ0n) is 15.3. The van der Waals surface area contributed by atoms with E-state index in [-0.39, 0.29) is 5.24 Å². The van der Waals surface area contributed by atoms with Gasteiger partial charge in [0.05, 0.1) is 6.10 Å². The van der Waals surface area contributed by atoms with E-state index in [4.69, 9.17) is 42.8 Å². The molecule has 0 aromatic heterocycles. The van der Waals surface area contributed by atoms with E-state index in [0.717, 1.165) is 5.56 Å². The molecule has 1 aliphatic rings. The standard InChI is InChI=1S/C20H21ClO6S/c1-11-3-7-15(8-4-11)26-20(28)27-18-16(22)12(2)24-19(17(18)23)25-14-9-5-13(21)6-10-14/h3-10,12,16-19,22-23H,1-2H3/t12-,16-,17+,18+,19-/m0/s1. The minimum absolute atomic E-state index is 0.216. The van der Waals surface area contributed by atoms with Crippen LogP contribution in [0.25, 0.3) is 0 Å². The van der Waals surface area contributed by atoms with Gasteiger partial charge in [0.2, 0.25) is 6.29 Å². The minimum atomic E-state index is -1.30. The molecule has 0 unspecified atom stereocenters. The molecule has 1 heterocycles. The summed E-state index contributed by atoms with van der Waals surface area (Å²) in [6, 6.07) is 13.8. The second-order valence-electron chi connectivity index (χ2n) is 6.51. The third kappa shape index (κ3) is 5.12. The van der Waals surface area contributed by atoms with Gasteiger partial charge >= 0.3 is 5.24 Å². The SMILES string of the molecule is Cc1ccc(OC(=S)O[C@@H]2[C@@H](O)[C@H](C)O[C@@H](Oc3ccc(Cl)cc3)[C@@H]2O)cc1. The molecule has 3 rings (SSSR count). The number of halogens is 1. The van der Waals surface area contributed by atoms with Crippen LogP contribution in [0.2, 0.25) is 5.02 Å². The first kappa shape index (κ1) is 20.8. The van der Waals surface area contributed by atoms with Gasteiger partial charge in [0.1, 0.15) is 17.6 Å². The van der Waals surface area contributed by atoms with Crippen molar-refractivity contribution in [2.45, 2.75) is 44.6 Å². The van der Waals surface area contributed by atoms with Crippen molar-refractivity contribution in [3.05, 3.63) is 59.1 Å². The zero-order valence-corrected chi connectivity index (χ0v) is 16.9. The minimum Gasteiger partial charge on any atom is -0.462 e. The van der Waals surface area contributed by atoms with Crippen molar-refractivity contribution >= 4 is 29.1 Å². The molecule has 2 aromatic rings. The van der Waals surface area contributed by atoms with Crippen molar-refractivity contribution in [2.75, 3.05) is 0 Å². The van der Waals surface area contributed by atoms with Crippen molar-refractivity contribution in [1.29, 1.82) is 0 Å². The highest BCUT2D eigenvalue weighted by atomic mass is 35.5. The maximum absolute atomic E-state index is 10.6. The summed E-state index contributed by atoms with van der Waals surface area (Å²) in [5.41, 5.74) is 1.07. The second kappa shape index (κ2) is 9.07. The molecule has 0 amide bonds. The van der Waals surface area contributed by atoms with E-state index in [9.17, 15) is 10.2 Å². The van der Waals surface area contributed by atoms with Gasteiger partial charge in [-0.3, -0.25) is 0 Å². The maximum Gasteiger partial charge on any atom is 0.358 e. The first-order valence-corrected chi connectivity index (χ1v) is 9.51. The Balaban J connectivity index is 1.66. The Morgan fingerprint density at radius 3 is 2.25 bits per heavy atom. The maximum atomic E-state index is 10.6. The van der Waals surface area contributed by atoms with Crippen molar-refractivity contribution in [2.24, 2.45) is 0 Å². The highest BCUT2D eigenvalue weighted by Crippen LogP contribution is 2.27. The number of hydrogen-bond donors (Lipinski definition) is 2. The second-order valence-corrected chi connectivity index (χ2v) is 7.28. The number of hydrogen-bond acceptors (Lipinski definition) is 7. The van der Waals surface area contributed by atoms with Crippen LogP contribution in [0.1, 0.15) is 12.5 Å². The van der Waals surface area contributed by atoms with Gasteiger partial charge in [-0.1, -0.05) is 29.3 Å². The van der Waals surface area contributed by atoms with Crippen LogP contribution in [0.3, 0.4) is 0 Å². The topological polar surface area (TPSA) is 77.4 Å². The van der Waals surface area contributed by atoms with Gasteiger partial charge in [-0.25, -0.2) is 0 Å². The van der Waals surface area contributed by atoms with Crippen LogP contribution in [0.5, 0.6) is 11.5 Å². The van der Waals surface area contributed by atoms with Crippen molar-refractivity contribution in [3.8, 4) is 11.5 Å². The van der Waals surface area contributed by atoms with Crippen LogP contribution in [0.15, 0.2) is 48.5 Å². The molecule has 5 atom stereocenters. The molecule has 0 bridgehead atoms. The van der Waals surface area contributed by atoms with Crippen LogP contribution >= 0.6 is 23.8 Å². The number of benzene rings is 2. The summed E-state index contributed by atoms with van der Waals surface area (Å²) in [7, 11) is 0. The molecule has 150 valence electrons. The Bertz CT molecular complexity index is 797. The summed E-state index contributed by atoms with van der Waals surface area (Å²) in [6.07, 6.45) is -5.24. The van der Waals surface area contributed by atoms with Gasteiger partial charge in [0, 0.05) is 17.2 Å². The van der Waals surface area contributed by atoms with E-state index in [1.54, 1.807) is 43.3 Å². The third-order valence-electron chi connectivity index (χ3n) is 4.30. The third-order valence-corrected chi connectivity index (χ3v) is 4.73. The van der Waals surface area contributed by atoms with Crippen LogP contribution < -0.4 is 9.47 Å². The molecule has 0 saturated carbocycles. The fraction of sp³-hybridized carbons (Fsp3) is 0.350. The molecule has 2 N–H and O–H groups in total. The van der Waals surface area contributed by atoms with E-state index in [1.807, 2.05) is 19.1 Å². The average molecular weight is 425 g/mol. The Morgan fingerprint density at radius 2 is 1.61 bits per heavy atom. The monoisotopic (exact) mass is 424 g/mol. The lowest BCUT2D eigenvalue weighted by molar-refractivity contribution is -0.266.